The molecule has 0 aliphatic heterocycles. The summed E-state index contributed by atoms with van der Waals surface area (Å²) < 4.78 is 7.82. The van der Waals surface area contributed by atoms with Gasteiger partial charge in [0.25, 0.3) is 0 Å². The second-order valence-electron chi connectivity index (χ2n) is 6.80. The van der Waals surface area contributed by atoms with E-state index in [1.807, 2.05) is 12.1 Å². The number of hydrogen-bond donors (Lipinski definition) is 2. The van der Waals surface area contributed by atoms with Gasteiger partial charge >= 0.3 is 0 Å². The van der Waals surface area contributed by atoms with Crippen LogP contribution in [0.1, 0.15) is 24.7 Å². The van der Waals surface area contributed by atoms with Crippen LogP contribution in [0.25, 0.3) is 0 Å². The quantitative estimate of drug-likeness (QED) is 0.207. The Balaban J connectivity index is 0.00000420. The Morgan fingerprint density at radius 1 is 1.21 bits per heavy atom. The Hall–Kier alpha value is -1.88. The standard InChI is InChI=1S/C20H33N7O.HI/c1-5-19-25-24-16-27(19)13-11-22-20(21-2)23-15-17-7-9-18(10-8-17)28-14-6-12-26(3)4;/h7-10,16H,5-6,11-15H2,1-4H3,(H2,21,22,23);1H. The second-order valence-corrected chi connectivity index (χ2v) is 6.80. The monoisotopic (exact) mass is 515 g/mol. The first-order valence-electron chi connectivity index (χ1n) is 9.80. The van der Waals surface area contributed by atoms with E-state index in [9.17, 15) is 0 Å². The molecule has 0 spiro atoms. The SMILES string of the molecule is CCc1nncn1CCNC(=NC)NCc1ccc(OCCCN(C)C)cc1.I. The lowest BCUT2D eigenvalue weighted by atomic mass is 10.2. The zero-order valence-corrected chi connectivity index (χ0v) is 20.2. The molecule has 0 radical (unpaired) electrons. The summed E-state index contributed by atoms with van der Waals surface area (Å²) in [4.78, 5) is 6.43. The molecule has 1 aromatic heterocycles. The van der Waals surface area contributed by atoms with Gasteiger partial charge in [-0.3, -0.25) is 4.99 Å². The van der Waals surface area contributed by atoms with Crippen molar-refractivity contribution in [2.75, 3.05) is 40.8 Å². The molecule has 0 aliphatic rings. The Kier molecular flexibility index (Phi) is 12.3. The van der Waals surface area contributed by atoms with Crippen molar-refractivity contribution in [3.8, 4) is 5.75 Å². The fourth-order valence-electron chi connectivity index (χ4n) is 2.71. The van der Waals surface area contributed by atoms with Crippen molar-refractivity contribution in [1.29, 1.82) is 0 Å². The highest BCUT2D eigenvalue weighted by molar-refractivity contribution is 14.0. The van der Waals surface area contributed by atoms with Gasteiger partial charge in [-0.15, -0.1) is 34.2 Å². The Bertz CT molecular complexity index is 716. The van der Waals surface area contributed by atoms with Crippen LogP contribution < -0.4 is 15.4 Å². The van der Waals surface area contributed by atoms with Crippen LogP contribution >= 0.6 is 24.0 Å². The van der Waals surface area contributed by atoms with Crippen molar-refractivity contribution < 1.29 is 4.74 Å². The molecule has 0 unspecified atom stereocenters. The maximum absolute atomic E-state index is 5.77. The van der Waals surface area contributed by atoms with E-state index in [-0.39, 0.29) is 24.0 Å². The lowest BCUT2D eigenvalue weighted by molar-refractivity contribution is 0.281. The van der Waals surface area contributed by atoms with Crippen molar-refractivity contribution in [2.45, 2.75) is 32.9 Å². The number of rotatable bonds is 11. The molecule has 0 aliphatic carbocycles. The van der Waals surface area contributed by atoms with Crippen LogP contribution in [0.2, 0.25) is 0 Å². The molecule has 29 heavy (non-hydrogen) atoms. The predicted octanol–water partition coefficient (Wildman–Crippen LogP) is 2.15. The first-order valence-corrected chi connectivity index (χ1v) is 9.80. The van der Waals surface area contributed by atoms with E-state index in [0.717, 1.165) is 56.6 Å². The number of aromatic nitrogens is 3. The third-order valence-electron chi connectivity index (χ3n) is 4.28. The number of benzene rings is 1. The maximum atomic E-state index is 5.77. The molecule has 8 nitrogen and oxygen atoms in total. The minimum Gasteiger partial charge on any atom is -0.494 e. The van der Waals surface area contributed by atoms with Gasteiger partial charge < -0.3 is 24.8 Å². The van der Waals surface area contributed by atoms with E-state index >= 15 is 0 Å². The molecular formula is C20H34IN7O. The van der Waals surface area contributed by atoms with E-state index < -0.39 is 0 Å². The second kappa shape index (κ2) is 14.2. The van der Waals surface area contributed by atoms with Crippen LogP contribution in [0, 0.1) is 0 Å². The normalized spacial score (nSPS) is 11.3. The molecule has 0 fully saturated rings. The van der Waals surface area contributed by atoms with Crippen LogP contribution in [-0.2, 0) is 19.5 Å². The Morgan fingerprint density at radius 3 is 2.62 bits per heavy atom. The molecule has 0 bridgehead atoms. The lowest BCUT2D eigenvalue weighted by Crippen LogP contribution is -2.38. The molecule has 1 heterocycles. The molecule has 2 N–H and O–H groups in total. The van der Waals surface area contributed by atoms with Crippen molar-refractivity contribution in [2.24, 2.45) is 4.99 Å². The van der Waals surface area contributed by atoms with Crippen molar-refractivity contribution in [1.82, 2.24) is 30.3 Å². The molecule has 2 aromatic rings. The summed E-state index contributed by atoms with van der Waals surface area (Å²) in [7, 11) is 5.92. The third kappa shape index (κ3) is 9.44. The van der Waals surface area contributed by atoms with Crippen molar-refractivity contribution in [3.05, 3.63) is 42.0 Å². The first kappa shape index (κ1) is 25.2. The summed E-state index contributed by atoms with van der Waals surface area (Å²) in [6.07, 6.45) is 3.66. The molecule has 0 saturated carbocycles. The fourth-order valence-corrected chi connectivity index (χ4v) is 2.71. The number of aryl methyl sites for hydroxylation is 1. The summed E-state index contributed by atoms with van der Waals surface area (Å²) >= 11 is 0. The summed E-state index contributed by atoms with van der Waals surface area (Å²) in [5.41, 5.74) is 1.18. The molecule has 0 saturated heterocycles. The largest absolute Gasteiger partial charge is 0.494 e. The van der Waals surface area contributed by atoms with Crippen LogP contribution in [0.3, 0.4) is 0 Å². The number of guanidine groups is 1. The average Bonchev–Trinajstić information content (AvgIpc) is 3.16. The van der Waals surface area contributed by atoms with E-state index in [1.54, 1.807) is 13.4 Å². The van der Waals surface area contributed by atoms with Gasteiger partial charge in [-0.25, -0.2) is 0 Å². The number of hydrogen-bond acceptors (Lipinski definition) is 5. The van der Waals surface area contributed by atoms with Crippen molar-refractivity contribution in [3.63, 3.8) is 0 Å². The fraction of sp³-hybridized carbons (Fsp3) is 0.550. The zero-order chi connectivity index (χ0) is 20.2. The molecule has 1 aromatic carbocycles. The summed E-state index contributed by atoms with van der Waals surface area (Å²) in [5.74, 6) is 2.68. The average molecular weight is 515 g/mol. The van der Waals surface area contributed by atoms with Crippen LogP contribution in [0.4, 0.5) is 0 Å². The number of nitrogens with one attached hydrogen (secondary N) is 2. The number of halogens is 1. The molecule has 0 atom stereocenters. The predicted molar refractivity (Wildman–Crippen MR) is 128 cm³/mol. The Morgan fingerprint density at radius 2 is 1.97 bits per heavy atom. The van der Waals surface area contributed by atoms with Gasteiger partial charge in [0.1, 0.15) is 17.9 Å². The van der Waals surface area contributed by atoms with Gasteiger partial charge in [0, 0.05) is 39.6 Å². The van der Waals surface area contributed by atoms with Gasteiger partial charge in [0.05, 0.1) is 6.61 Å². The molecular weight excluding hydrogens is 481 g/mol. The molecule has 162 valence electrons. The van der Waals surface area contributed by atoms with Gasteiger partial charge in [0.15, 0.2) is 5.96 Å². The highest BCUT2D eigenvalue weighted by Gasteiger charge is 2.03. The minimum atomic E-state index is 0. The van der Waals surface area contributed by atoms with Crippen LogP contribution in [0.5, 0.6) is 5.75 Å². The molecule has 2 rings (SSSR count). The number of nitrogens with zero attached hydrogens (tertiary/aromatic N) is 5. The zero-order valence-electron chi connectivity index (χ0n) is 17.9. The smallest absolute Gasteiger partial charge is 0.191 e. The number of ether oxygens (including phenoxy) is 1. The minimum absolute atomic E-state index is 0. The van der Waals surface area contributed by atoms with Gasteiger partial charge in [-0.05, 0) is 38.2 Å². The maximum Gasteiger partial charge on any atom is 0.191 e. The highest BCUT2D eigenvalue weighted by Crippen LogP contribution is 2.12. The van der Waals surface area contributed by atoms with Crippen LogP contribution in [0.15, 0.2) is 35.6 Å². The van der Waals surface area contributed by atoms with Gasteiger partial charge in [0.2, 0.25) is 0 Å². The summed E-state index contributed by atoms with van der Waals surface area (Å²) in [6.45, 7) is 6.10. The molecule has 0 amide bonds. The first-order chi connectivity index (χ1) is 13.6. The van der Waals surface area contributed by atoms with E-state index in [2.05, 4.69) is 68.4 Å². The van der Waals surface area contributed by atoms with E-state index in [1.165, 1.54) is 5.56 Å². The van der Waals surface area contributed by atoms with Gasteiger partial charge in [-0.1, -0.05) is 19.1 Å². The van der Waals surface area contributed by atoms with Crippen molar-refractivity contribution >= 4 is 29.9 Å². The third-order valence-corrected chi connectivity index (χ3v) is 4.28. The number of aliphatic imine (C=N–C) groups is 1. The van der Waals surface area contributed by atoms with Gasteiger partial charge in [-0.2, -0.15) is 0 Å². The van der Waals surface area contributed by atoms with E-state index in [0.29, 0.717) is 6.54 Å². The lowest BCUT2D eigenvalue weighted by Gasteiger charge is -2.13. The highest BCUT2D eigenvalue weighted by atomic mass is 127. The Labute approximate surface area is 191 Å². The summed E-state index contributed by atoms with van der Waals surface area (Å²) in [6, 6.07) is 8.18. The molecule has 9 heteroatoms. The summed E-state index contributed by atoms with van der Waals surface area (Å²) in [5, 5.41) is 14.7. The van der Waals surface area contributed by atoms with E-state index in [4.69, 9.17) is 4.74 Å². The topological polar surface area (TPSA) is 79.6 Å². The van der Waals surface area contributed by atoms with Crippen LogP contribution in [-0.4, -0.2) is 66.5 Å².